The highest BCUT2D eigenvalue weighted by Gasteiger charge is 2.44. The maximum atomic E-state index is 11.8. The molecule has 6 nitrogen and oxygen atoms in total. The highest BCUT2D eigenvalue weighted by Crippen LogP contribution is 2.27. The lowest BCUT2D eigenvalue weighted by Gasteiger charge is -2.41. The van der Waals surface area contributed by atoms with Gasteiger partial charge in [-0.3, -0.25) is 4.79 Å². The summed E-state index contributed by atoms with van der Waals surface area (Å²) < 4.78 is 30.2. The predicted molar refractivity (Wildman–Crippen MR) is 127 cm³/mol. The molecule has 0 bridgehead atoms. The van der Waals surface area contributed by atoms with Crippen LogP contribution in [0.4, 0.5) is 0 Å². The Balaban J connectivity index is 1.53. The second-order valence-electron chi connectivity index (χ2n) is 8.17. The van der Waals surface area contributed by atoms with Crippen molar-refractivity contribution >= 4 is 5.97 Å². The minimum atomic E-state index is -0.890. The molecule has 1 unspecified atom stereocenters. The first-order valence-corrected chi connectivity index (χ1v) is 11.4. The molecule has 34 heavy (non-hydrogen) atoms. The topological polar surface area (TPSA) is 63.2 Å². The third-order valence-electron chi connectivity index (χ3n) is 5.54. The van der Waals surface area contributed by atoms with E-state index in [0.29, 0.717) is 19.8 Å². The fourth-order valence-corrected chi connectivity index (χ4v) is 3.84. The first-order valence-electron chi connectivity index (χ1n) is 11.4. The summed E-state index contributed by atoms with van der Waals surface area (Å²) in [4.78, 5) is 11.8. The van der Waals surface area contributed by atoms with E-state index in [0.717, 1.165) is 16.7 Å². The molecule has 0 spiro atoms. The Morgan fingerprint density at radius 3 is 1.62 bits per heavy atom. The number of hydrogen-bond donors (Lipinski definition) is 0. The summed E-state index contributed by atoms with van der Waals surface area (Å²) >= 11 is 0. The average Bonchev–Trinajstić information content (AvgIpc) is 2.87. The fraction of sp³-hybridized carbons (Fsp3) is 0.321. The molecule has 0 N–H and O–H groups in total. The summed E-state index contributed by atoms with van der Waals surface area (Å²) in [5, 5.41) is 0. The van der Waals surface area contributed by atoms with Crippen LogP contribution in [-0.2, 0) is 48.3 Å². The lowest BCUT2D eigenvalue weighted by molar-refractivity contribution is -0.291. The Labute approximate surface area is 200 Å². The van der Waals surface area contributed by atoms with Gasteiger partial charge in [-0.1, -0.05) is 91.0 Å². The number of carbonyl (C=O) groups excluding carboxylic acids is 1. The van der Waals surface area contributed by atoms with Crippen LogP contribution in [0.25, 0.3) is 0 Å². The minimum absolute atomic E-state index is 0.218. The van der Waals surface area contributed by atoms with Crippen molar-refractivity contribution in [2.24, 2.45) is 0 Å². The van der Waals surface area contributed by atoms with Crippen molar-refractivity contribution in [3.05, 3.63) is 108 Å². The predicted octanol–water partition coefficient (Wildman–Crippen LogP) is 4.66. The van der Waals surface area contributed by atoms with Gasteiger partial charge in [0.05, 0.1) is 26.4 Å². The quantitative estimate of drug-likeness (QED) is 0.409. The molecule has 4 rings (SSSR count). The van der Waals surface area contributed by atoms with E-state index < -0.39 is 30.6 Å². The van der Waals surface area contributed by atoms with Gasteiger partial charge in [0.25, 0.3) is 0 Å². The molecule has 0 aliphatic carbocycles. The van der Waals surface area contributed by atoms with Crippen molar-refractivity contribution in [3.63, 3.8) is 0 Å². The molecule has 4 atom stereocenters. The van der Waals surface area contributed by atoms with Crippen LogP contribution in [0, 0.1) is 0 Å². The van der Waals surface area contributed by atoms with E-state index in [4.69, 9.17) is 23.7 Å². The van der Waals surface area contributed by atoms with Crippen molar-refractivity contribution in [1.29, 1.82) is 0 Å². The van der Waals surface area contributed by atoms with Crippen molar-refractivity contribution < 1.29 is 28.5 Å². The zero-order chi connectivity index (χ0) is 23.6. The number of ether oxygens (including phenoxy) is 5. The zero-order valence-corrected chi connectivity index (χ0v) is 19.2. The van der Waals surface area contributed by atoms with Gasteiger partial charge in [-0.25, -0.2) is 0 Å². The lowest BCUT2D eigenvalue weighted by atomic mass is 10.0. The molecule has 0 amide bonds. The Bertz CT molecular complexity index is 995. The molecule has 0 aromatic heterocycles. The van der Waals surface area contributed by atoms with E-state index in [9.17, 15) is 4.79 Å². The number of benzene rings is 3. The molecule has 0 saturated carbocycles. The third-order valence-corrected chi connectivity index (χ3v) is 5.54. The van der Waals surface area contributed by atoms with Crippen molar-refractivity contribution in [2.45, 2.75) is 51.3 Å². The second kappa shape index (κ2) is 12.4. The smallest absolute Gasteiger partial charge is 0.305 e. The summed E-state index contributed by atoms with van der Waals surface area (Å²) in [6.45, 7) is 2.67. The van der Waals surface area contributed by atoms with Gasteiger partial charge in [-0.2, -0.15) is 0 Å². The molecular formula is C28H30O6. The average molecular weight is 463 g/mol. The molecular weight excluding hydrogens is 432 g/mol. The summed E-state index contributed by atoms with van der Waals surface area (Å²) in [6, 6.07) is 29.7. The maximum absolute atomic E-state index is 11.8. The Hall–Kier alpha value is -3.03. The van der Waals surface area contributed by atoms with Crippen LogP contribution in [0.15, 0.2) is 91.0 Å². The molecule has 1 heterocycles. The molecule has 0 radical (unpaired) electrons. The van der Waals surface area contributed by atoms with Crippen LogP contribution in [0.2, 0.25) is 0 Å². The molecule has 1 saturated heterocycles. The van der Waals surface area contributed by atoms with E-state index in [-0.39, 0.29) is 6.61 Å². The number of carbonyl (C=O) groups is 1. The molecule has 6 heteroatoms. The van der Waals surface area contributed by atoms with Gasteiger partial charge in [0.1, 0.15) is 18.3 Å². The zero-order valence-electron chi connectivity index (χ0n) is 19.2. The van der Waals surface area contributed by atoms with Crippen molar-refractivity contribution in [1.82, 2.24) is 0 Å². The summed E-state index contributed by atoms with van der Waals surface area (Å²) in [6.07, 6.45) is -2.47. The number of rotatable bonds is 10. The largest absolute Gasteiger partial charge is 0.433 e. The summed E-state index contributed by atoms with van der Waals surface area (Å²) in [7, 11) is 0. The van der Waals surface area contributed by atoms with Gasteiger partial charge in [-0.15, -0.1) is 0 Å². The lowest BCUT2D eigenvalue weighted by Crippen LogP contribution is -2.57. The molecule has 1 aliphatic heterocycles. The van der Waals surface area contributed by atoms with Gasteiger partial charge in [-0.05, 0) is 16.7 Å². The normalized spacial score (nSPS) is 22.3. The third kappa shape index (κ3) is 6.98. The molecule has 3 aromatic carbocycles. The van der Waals surface area contributed by atoms with Gasteiger partial charge in [0.2, 0.25) is 6.29 Å². The van der Waals surface area contributed by atoms with Gasteiger partial charge >= 0.3 is 5.97 Å². The SMILES string of the molecule is CC(=O)OC1OC[C@@H](OCc2ccccc2)[C@@H](OCc2ccccc2)[C@@H]1OCc1ccccc1. The number of hydrogen-bond acceptors (Lipinski definition) is 6. The Kier molecular flexibility index (Phi) is 8.82. The molecule has 1 aliphatic rings. The van der Waals surface area contributed by atoms with E-state index in [1.54, 1.807) is 0 Å². The van der Waals surface area contributed by atoms with Crippen molar-refractivity contribution in [2.75, 3.05) is 6.61 Å². The molecule has 178 valence electrons. The monoisotopic (exact) mass is 462 g/mol. The van der Waals surface area contributed by atoms with Crippen LogP contribution in [0.5, 0.6) is 0 Å². The number of esters is 1. The van der Waals surface area contributed by atoms with Crippen LogP contribution < -0.4 is 0 Å². The Morgan fingerprint density at radius 1 is 0.706 bits per heavy atom. The van der Waals surface area contributed by atoms with Crippen LogP contribution >= 0.6 is 0 Å². The minimum Gasteiger partial charge on any atom is -0.433 e. The Morgan fingerprint density at radius 2 is 1.15 bits per heavy atom. The van der Waals surface area contributed by atoms with Gasteiger partial charge in [0, 0.05) is 6.92 Å². The first kappa shape index (κ1) is 24.1. The van der Waals surface area contributed by atoms with Crippen LogP contribution in [-0.4, -0.2) is 37.2 Å². The molecule has 1 fully saturated rings. The first-order chi connectivity index (χ1) is 16.7. The van der Waals surface area contributed by atoms with E-state index >= 15 is 0 Å². The summed E-state index contributed by atoms with van der Waals surface area (Å²) in [5.74, 6) is -0.441. The van der Waals surface area contributed by atoms with E-state index in [1.807, 2.05) is 91.0 Å². The van der Waals surface area contributed by atoms with E-state index in [2.05, 4.69) is 0 Å². The van der Waals surface area contributed by atoms with Gasteiger partial charge < -0.3 is 23.7 Å². The maximum Gasteiger partial charge on any atom is 0.305 e. The van der Waals surface area contributed by atoms with Crippen LogP contribution in [0.3, 0.4) is 0 Å². The van der Waals surface area contributed by atoms with E-state index in [1.165, 1.54) is 6.92 Å². The molecule has 3 aromatic rings. The van der Waals surface area contributed by atoms with Crippen LogP contribution in [0.1, 0.15) is 23.6 Å². The second-order valence-corrected chi connectivity index (χ2v) is 8.17. The fourth-order valence-electron chi connectivity index (χ4n) is 3.84. The van der Waals surface area contributed by atoms with Gasteiger partial charge in [0.15, 0.2) is 0 Å². The summed E-state index contributed by atoms with van der Waals surface area (Å²) in [5.41, 5.74) is 3.08. The standard InChI is InChI=1S/C28H30O6/c1-21(29)34-28-27(32-19-24-15-9-4-10-16-24)26(31-18-23-13-7-3-8-14-23)25(20-33-28)30-17-22-11-5-2-6-12-22/h2-16,25-28H,17-20H2,1H3/t25-,26-,27+,28?/m1/s1. The van der Waals surface area contributed by atoms with Crippen molar-refractivity contribution in [3.8, 4) is 0 Å². The highest BCUT2D eigenvalue weighted by molar-refractivity contribution is 5.66. The highest BCUT2D eigenvalue weighted by atomic mass is 16.7.